The first-order valence-electron chi connectivity index (χ1n) is 6.34. The van der Waals surface area contributed by atoms with Crippen molar-refractivity contribution in [2.24, 2.45) is 0 Å². The van der Waals surface area contributed by atoms with E-state index in [1.165, 1.54) is 6.08 Å². The monoisotopic (exact) mass is 302 g/mol. The van der Waals surface area contributed by atoms with E-state index in [1.807, 2.05) is 24.3 Å². The van der Waals surface area contributed by atoms with Crippen molar-refractivity contribution in [3.05, 3.63) is 64.7 Å². The van der Waals surface area contributed by atoms with Crippen molar-refractivity contribution >= 4 is 23.5 Å². The fourth-order valence-electron chi connectivity index (χ4n) is 1.80. The first kappa shape index (κ1) is 15.1. The molecular formula is C17H15ClO3. The number of methoxy groups -OCH3 is 2. The van der Waals surface area contributed by atoms with Gasteiger partial charge >= 0.3 is 0 Å². The lowest BCUT2D eigenvalue weighted by atomic mass is 10.1. The first-order valence-corrected chi connectivity index (χ1v) is 6.72. The van der Waals surface area contributed by atoms with Crippen LogP contribution in [-0.4, -0.2) is 20.0 Å². The highest BCUT2D eigenvalue weighted by Gasteiger charge is 2.08. The molecule has 108 valence electrons. The normalized spacial score (nSPS) is 10.6. The zero-order valence-electron chi connectivity index (χ0n) is 11.8. The maximum atomic E-state index is 12.1. The van der Waals surface area contributed by atoms with Gasteiger partial charge in [-0.2, -0.15) is 0 Å². The largest absolute Gasteiger partial charge is 0.497 e. The molecule has 2 aromatic rings. The second-order valence-corrected chi connectivity index (χ2v) is 4.72. The molecule has 0 aliphatic rings. The van der Waals surface area contributed by atoms with Crippen LogP contribution in [0.5, 0.6) is 11.5 Å². The maximum absolute atomic E-state index is 12.1. The van der Waals surface area contributed by atoms with Gasteiger partial charge in [0.05, 0.1) is 19.2 Å². The Morgan fingerprint density at radius 3 is 2.19 bits per heavy atom. The van der Waals surface area contributed by atoms with Crippen molar-refractivity contribution < 1.29 is 14.3 Å². The SMILES string of the molecule is COc1ccc(C=CC(=O)c2ccc(OC)cc2Cl)cc1. The van der Waals surface area contributed by atoms with Crippen LogP contribution in [0.1, 0.15) is 15.9 Å². The van der Waals surface area contributed by atoms with Crippen LogP contribution >= 0.6 is 11.6 Å². The van der Waals surface area contributed by atoms with Crippen LogP contribution in [-0.2, 0) is 0 Å². The lowest BCUT2D eigenvalue weighted by Crippen LogP contribution is -1.96. The summed E-state index contributed by atoms with van der Waals surface area (Å²) in [7, 11) is 3.16. The van der Waals surface area contributed by atoms with Crippen molar-refractivity contribution in [3.63, 3.8) is 0 Å². The summed E-state index contributed by atoms with van der Waals surface area (Å²) in [5.41, 5.74) is 1.36. The predicted octanol–water partition coefficient (Wildman–Crippen LogP) is 4.25. The average Bonchev–Trinajstić information content (AvgIpc) is 2.52. The molecule has 0 saturated carbocycles. The summed E-state index contributed by atoms with van der Waals surface area (Å²) in [5.74, 6) is 1.24. The van der Waals surface area contributed by atoms with Crippen LogP contribution in [0.3, 0.4) is 0 Å². The average molecular weight is 303 g/mol. The Bertz CT molecular complexity index is 660. The predicted molar refractivity (Wildman–Crippen MR) is 84.4 cm³/mol. The molecule has 0 atom stereocenters. The summed E-state index contributed by atoms with van der Waals surface area (Å²) in [6.45, 7) is 0. The summed E-state index contributed by atoms with van der Waals surface area (Å²) >= 11 is 6.07. The minimum Gasteiger partial charge on any atom is -0.497 e. The number of carbonyl (C=O) groups is 1. The van der Waals surface area contributed by atoms with E-state index in [1.54, 1.807) is 38.5 Å². The van der Waals surface area contributed by atoms with Gasteiger partial charge in [0.15, 0.2) is 5.78 Å². The molecule has 4 heteroatoms. The minimum atomic E-state index is -0.154. The molecule has 0 bridgehead atoms. The lowest BCUT2D eigenvalue weighted by molar-refractivity contribution is 0.104. The minimum absolute atomic E-state index is 0.154. The zero-order valence-corrected chi connectivity index (χ0v) is 12.6. The summed E-state index contributed by atoms with van der Waals surface area (Å²) in [6, 6.07) is 12.4. The number of carbonyl (C=O) groups excluding carboxylic acids is 1. The van der Waals surface area contributed by atoms with Crippen molar-refractivity contribution in [2.75, 3.05) is 14.2 Å². The number of ketones is 1. The van der Waals surface area contributed by atoms with Gasteiger partial charge in [-0.1, -0.05) is 29.8 Å². The van der Waals surface area contributed by atoms with E-state index >= 15 is 0 Å². The van der Waals surface area contributed by atoms with E-state index in [-0.39, 0.29) is 5.78 Å². The number of hydrogen-bond donors (Lipinski definition) is 0. The molecule has 0 radical (unpaired) electrons. The van der Waals surface area contributed by atoms with Crippen LogP contribution in [0.25, 0.3) is 6.08 Å². The van der Waals surface area contributed by atoms with Crippen molar-refractivity contribution in [1.82, 2.24) is 0 Å². The van der Waals surface area contributed by atoms with Crippen LogP contribution in [0.15, 0.2) is 48.5 Å². The summed E-state index contributed by atoms with van der Waals surface area (Å²) in [6.07, 6.45) is 3.23. The van der Waals surface area contributed by atoms with Crippen molar-refractivity contribution in [2.45, 2.75) is 0 Å². The van der Waals surface area contributed by atoms with Crippen LogP contribution in [0.4, 0.5) is 0 Å². The van der Waals surface area contributed by atoms with E-state index in [0.29, 0.717) is 16.3 Å². The molecule has 0 aliphatic heterocycles. The molecule has 0 fully saturated rings. The van der Waals surface area contributed by atoms with Gasteiger partial charge in [-0.05, 0) is 42.0 Å². The Hall–Kier alpha value is -2.26. The molecular weight excluding hydrogens is 288 g/mol. The van der Waals surface area contributed by atoms with Crippen LogP contribution in [0, 0.1) is 0 Å². The molecule has 3 nitrogen and oxygen atoms in total. The van der Waals surface area contributed by atoms with Gasteiger partial charge in [-0.3, -0.25) is 4.79 Å². The third-order valence-electron chi connectivity index (χ3n) is 2.98. The Balaban J connectivity index is 2.14. The molecule has 0 heterocycles. The second kappa shape index (κ2) is 6.95. The fourth-order valence-corrected chi connectivity index (χ4v) is 2.06. The van der Waals surface area contributed by atoms with E-state index in [0.717, 1.165) is 11.3 Å². The summed E-state index contributed by atoms with van der Waals surface area (Å²) < 4.78 is 10.1. The topological polar surface area (TPSA) is 35.5 Å². The van der Waals surface area contributed by atoms with Gasteiger partial charge in [0.2, 0.25) is 0 Å². The molecule has 0 N–H and O–H groups in total. The van der Waals surface area contributed by atoms with Gasteiger partial charge < -0.3 is 9.47 Å². The molecule has 2 aromatic carbocycles. The number of benzene rings is 2. The Kier molecular flexibility index (Phi) is 5.01. The highest BCUT2D eigenvalue weighted by atomic mass is 35.5. The zero-order chi connectivity index (χ0) is 15.2. The number of ether oxygens (including phenoxy) is 2. The van der Waals surface area contributed by atoms with E-state index < -0.39 is 0 Å². The molecule has 0 unspecified atom stereocenters. The van der Waals surface area contributed by atoms with Crippen LogP contribution in [0.2, 0.25) is 5.02 Å². The van der Waals surface area contributed by atoms with Gasteiger partial charge in [0.25, 0.3) is 0 Å². The number of rotatable bonds is 5. The molecule has 0 aliphatic carbocycles. The molecule has 21 heavy (non-hydrogen) atoms. The molecule has 0 spiro atoms. The van der Waals surface area contributed by atoms with Crippen molar-refractivity contribution in [1.29, 1.82) is 0 Å². The van der Waals surface area contributed by atoms with E-state index in [4.69, 9.17) is 21.1 Å². The first-order chi connectivity index (χ1) is 10.1. The maximum Gasteiger partial charge on any atom is 0.187 e. The second-order valence-electron chi connectivity index (χ2n) is 4.32. The molecule has 2 rings (SSSR count). The van der Waals surface area contributed by atoms with Gasteiger partial charge in [-0.25, -0.2) is 0 Å². The highest BCUT2D eigenvalue weighted by molar-refractivity contribution is 6.34. The van der Waals surface area contributed by atoms with Crippen LogP contribution < -0.4 is 9.47 Å². The highest BCUT2D eigenvalue weighted by Crippen LogP contribution is 2.23. The standard InChI is InChI=1S/C17H15ClO3/c1-20-13-6-3-12(4-7-13)5-10-17(19)15-9-8-14(21-2)11-16(15)18/h3-11H,1-2H3. The number of allylic oxidation sites excluding steroid dienone is 1. The third kappa shape index (κ3) is 3.86. The Labute approximate surface area is 128 Å². The Morgan fingerprint density at radius 2 is 1.62 bits per heavy atom. The fraction of sp³-hybridized carbons (Fsp3) is 0.118. The molecule has 0 aromatic heterocycles. The van der Waals surface area contributed by atoms with Gasteiger partial charge in [0, 0.05) is 5.56 Å². The number of hydrogen-bond acceptors (Lipinski definition) is 3. The third-order valence-corrected chi connectivity index (χ3v) is 3.30. The van der Waals surface area contributed by atoms with E-state index in [2.05, 4.69) is 0 Å². The lowest BCUT2D eigenvalue weighted by Gasteiger charge is -2.03. The van der Waals surface area contributed by atoms with E-state index in [9.17, 15) is 4.79 Å². The van der Waals surface area contributed by atoms with Crippen molar-refractivity contribution in [3.8, 4) is 11.5 Å². The number of halogens is 1. The summed E-state index contributed by atoms with van der Waals surface area (Å²) in [4.78, 5) is 12.1. The van der Waals surface area contributed by atoms with Gasteiger partial charge in [0.1, 0.15) is 11.5 Å². The Morgan fingerprint density at radius 1 is 1.00 bits per heavy atom. The quantitative estimate of drug-likeness (QED) is 0.612. The summed E-state index contributed by atoms with van der Waals surface area (Å²) in [5, 5.41) is 0.374. The van der Waals surface area contributed by atoms with Gasteiger partial charge in [-0.15, -0.1) is 0 Å². The molecule has 0 saturated heterocycles. The smallest absolute Gasteiger partial charge is 0.187 e. The molecule has 0 amide bonds.